The lowest BCUT2D eigenvalue weighted by atomic mass is 10.0. The van der Waals surface area contributed by atoms with Gasteiger partial charge in [0, 0.05) is 12.1 Å². The highest BCUT2D eigenvalue weighted by atomic mass is 19.1. The summed E-state index contributed by atoms with van der Waals surface area (Å²) in [6.07, 6.45) is 1.20. The fourth-order valence-electron chi connectivity index (χ4n) is 2.66. The minimum atomic E-state index is -0.289. The van der Waals surface area contributed by atoms with Crippen molar-refractivity contribution in [2.24, 2.45) is 0 Å². The molecule has 26 heavy (non-hydrogen) atoms. The third-order valence-electron chi connectivity index (χ3n) is 4.05. The zero-order valence-electron chi connectivity index (χ0n) is 14.3. The quantitative estimate of drug-likeness (QED) is 0.572. The van der Waals surface area contributed by atoms with Gasteiger partial charge in [0.05, 0.1) is 6.04 Å². The van der Waals surface area contributed by atoms with Gasteiger partial charge in [-0.25, -0.2) is 4.39 Å². The van der Waals surface area contributed by atoms with Gasteiger partial charge in [0.2, 0.25) is 0 Å². The molecule has 0 aliphatic heterocycles. The van der Waals surface area contributed by atoms with Gasteiger partial charge in [-0.2, -0.15) is 0 Å². The Labute approximate surface area is 152 Å². The monoisotopic (exact) mass is 349 g/mol. The maximum atomic E-state index is 13.0. The Morgan fingerprint density at radius 3 is 2.27 bits per heavy atom. The number of rotatable bonds is 8. The predicted molar refractivity (Wildman–Crippen MR) is 101 cm³/mol. The first-order valence-corrected chi connectivity index (χ1v) is 8.47. The molecule has 3 aromatic rings. The van der Waals surface area contributed by atoms with Crippen molar-refractivity contribution < 1.29 is 13.9 Å². The van der Waals surface area contributed by atoms with E-state index in [0.29, 0.717) is 13.0 Å². The maximum Gasteiger partial charge on any atom is 0.123 e. The van der Waals surface area contributed by atoms with Crippen LogP contribution in [-0.4, -0.2) is 6.29 Å². The molecule has 0 fully saturated rings. The van der Waals surface area contributed by atoms with Crippen molar-refractivity contribution in [3.05, 3.63) is 95.8 Å². The lowest BCUT2D eigenvalue weighted by Crippen LogP contribution is -2.11. The van der Waals surface area contributed by atoms with Crippen LogP contribution < -0.4 is 10.1 Å². The normalized spacial score (nSPS) is 11.6. The second-order valence-corrected chi connectivity index (χ2v) is 5.95. The molecule has 0 saturated carbocycles. The highest BCUT2D eigenvalue weighted by molar-refractivity contribution is 5.55. The molecular formula is C22H20FNO2. The molecule has 0 heterocycles. The molecular weight excluding hydrogens is 329 g/mol. The Bertz CT molecular complexity index is 817. The number of halogens is 1. The van der Waals surface area contributed by atoms with Crippen LogP contribution in [0.1, 0.15) is 23.6 Å². The third kappa shape index (κ3) is 4.93. The number of hydrogen-bond acceptors (Lipinski definition) is 3. The van der Waals surface area contributed by atoms with E-state index < -0.39 is 0 Å². The van der Waals surface area contributed by atoms with E-state index >= 15 is 0 Å². The Morgan fingerprint density at radius 2 is 1.62 bits per heavy atom. The number of benzene rings is 3. The second kappa shape index (κ2) is 8.81. The number of hydrogen-bond donors (Lipinski definition) is 1. The fourth-order valence-corrected chi connectivity index (χ4v) is 2.66. The van der Waals surface area contributed by atoms with E-state index in [2.05, 4.69) is 5.32 Å². The van der Waals surface area contributed by atoms with Crippen LogP contribution >= 0.6 is 0 Å². The highest BCUT2D eigenvalue weighted by Crippen LogP contribution is 2.24. The highest BCUT2D eigenvalue weighted by Gasteiger charge is 2.11. The van der Waals surface area contributed by atoms with Crippen molar-refractivity contribution >= 4 is 12.0 Å². The molecule has 1 atom stereocenters. The van der Waals surface area contributed by atoms with Gasteiger partial charge >= 0.3 is 0 Å². The molecule has 132 valence electrons. The molecule has 0 radical (unpaired) electrons. The number of carbonyl (C=O) groups is 1. The predicted octanol–water partition coefficient (Wildman–Crippen LogP) is 5.15. The first-order valence-electron chi connectivity index (χ1n) is 8.47. The Morgan fingerprint density at radius 1 is 0.923 bits per heavy atom. The van der Waals surface area contributed by atoms with Crippen LogP contribution in [0.4, 0.5) is 10.1 Å². The van der Waals surface area contributed by atoms with E-state index in [1.165, 1.54) is 12.1 Å². The van der Waals surface area contributed by atoms with Crippen LogP contribution in [0.2, 0.25) is 0 Å². The summed E-state index contributed by atoms with van der Waals surface area (Å²) < 4.78 is 18.8. The van der Waals surface area contributed by atoms with Crippen LogP contribution in [0.5, 0.6) is 5.75 Å². The molecule has 3 nitrogen and oxygen atoms in total. The molecule has 0 spiro atoms. The number of ether oxygens (including phenoxy) is 1. The van der Waals surface area contributed by atoms with E-state index in [1.807, 2.05) is 54.6 Å². The SMILES string of the molecule is O=CCC(Nc1ccc(F)cc1)c1ccc(OCc2ccccc2)cc1. The summed E-state index contributed by atoms with van der Waals surface area (Å²) >= 11 is 0. The van der Waals surface area contributed by atoms with Crippen LogP contribution in [0, 0.1) is 5.82 Å². The zero-order chi connectivity index (χ0) is 18.2. The van der Waals surface area contributed by atoms with Gasteiger partial charge < -0.3 is 14.8 Å². The van der Waals surface area contributed by atoms with E-state index in [4.69, 9.17) is 4.74 Å². The van der Waals surface area contributed by atoms with Crippen molar-refractivity contribution in [3.63, 3.8) is 0 Å². The average molecular weight is 349 g/mol. The van der Waals surface area contributed by atoms with Crippen LogP contribution in [0.25, 0.3) is 0 Å². The van der Waals surface area contributed by atoms with Crippen molar-refractivity contribution in [2.75, 3.05) is 5.32 Å². The smallest absolute Gasteiger partial charge is 0.123 e. The topological polar surface area (TPSA) is 38.3 Å². The molecule has 0 bridgehead atoms. The summed E-state index contributed by atoms with van der Waals surface area (Å²) in [5.41, 5.74) is 2.84. The van der Waals surface area contributed by atoms with Gasteiger partial charge in [0.15, 0.2) is 0 Å². The minimum absolute atomic E-state index is 0.180. The van der Waals surface area contributed by atoms with Crippen LogP contribution in [0.3, 0.4) is 0 Å². The minimum Gasteiger partial charge on any atom is -0.489 e. The summed E-state index contributed by atoms with van der Waals surface area (Å²) in [5.74, 6) is 0.478. The lowest BCUT2D eigenvalue weighted by Gasteiger charge is -2.18. The van der Waals surface area contributed by atoms with Crippen molar-refractivity contribution in [1.82, 2.24) is 0 Å². The van der Waals surface area contributed by atoms with Gasteiger partial charge in [-0.1, -0.05) is 42.5 Å². The molecule has 3 rings (SSSR count). The van der Waals surface area contributed by atoms with Gasteiger partial charge in [0.1, 0.15) is 24.5 Å². The van der Waals surface area contributed by atoms with E-state index in [9.17, 15) is 9.18 Å². The second-order valence-electron chi connectivity index (χ2n) is 5.95. The lowest BCUT2D eigenvalue weighted by molar-refractivity contribution is -0.108. The van der Waals surface area contributed by atoms with Gasteiger partial charge in [-0.15, -0.1) is 0 Å². The number of aldehydes is 1. The van der Waals surface area contributed by atoms with Gasteiger partial charge in [-0.3, -0.25) is 0 Å². The molecule has 0 aliphatic carbocycles. The first-order chi connectivity index (χ1) is 12.7. The zero-order valence-corrected chi connectivity index (χ0v) is 14.3. The summed E-state index contributed by atoms with van der Waals surface area (Å²) in [7, 11) is 0. The van der Waals surface area contributed by atoms with Crippen molar-refractivity contribution in [2.45, 2.75) is 19.1 Å². The summed E-state index contributed by atoms with van der Waals surface area (Å²) in [6.45, 7) is 0.506. The molecule has 0 amide bonds. The summed E-state index contributed by atoms with van der Waals surface area (Å²) in [5, 5.41) is 3.26. The third-order valence-corrected chi connectivity index (χ3v) is 4.05. The van der Waals surface area contributed by atoms with E-state index in [-0.39, 0.29) is 11.9 Å². The van der Waals surface area contributed by atoms with E-state index in [0.717, 1.165) is 28.8 Å². The first kappa shape index (κ1) is 17.7. The molecule has 4 heteroatoms. The average Bonchev–Trinajstić information content (AvgIpc) is 2.69. The number of carbonyl (C=O) groups excluding carboxylic acids is 1. The molecule has 0 aliphatic rings. The van der Waals surface area contributed by atoms with E-state index in [1.54, 1.807) is 12.1 Å². The number of anilines is 1. The van der Waals surface area contributed by atoms with Crippen molar-refractivity contribution in [3.8, 4) is 5.75 Å². The Hall–Kier alpha value is -3.14. The van der Waals surface area contributed by atoms with Gasteiger partial charge in [0.25, 0.3) is 0 Å². The largest absolute Gasteiger partial charge is 0.489 e. The summed E-state index contributed by atoms with van der Waals surface area (Å²) in [4.78, 5) is 11.0. The molecule has 3 aromatic carbocycles. The van der Waals surface area contributed by atoms with Gasteiger partial charge in [-0.05, 0) is 47.5 Å². The Balaban J connectivity index is 1.65. The molecule has 0 saturated heterocycles. The van der Waals surface area contributed by atoms with Crippen molar-refractivity contribution in [1.29, 1.82) is 0 Å². The molecule has 0 aromatic heterocycles. The van der Waals surface area contributed by atoms with Crippen LogP contribution in [0.15, 0.2) is 78.9 Å². The Kier molecular flexibility index (Phi) is 5.99. The summed E-state index contributed by atoms with van der Waals surface area (Å²) in [6, 6.07) is 23.5. The molecule has 1 N–H and O–H groups in total. The maximum absolute atomic E-state index is 13.0. The number of nitrogens with one attached hydrogen (secondary N) is 1. The van der Waals surface area contributed by atoms with Crippen LogP contribution in [-0.2, 0) is 11.4 Å². The molecule has 1 unspecified atom stereocenters. The standard InChI is InChI=1S/C22H20FNO2/c23-19-8-10-20(11-9-19)24-22(14-15-25)18-6-12-21(13-7-18)26-16-17-4-2-1-3-5-17/h1-13,15,22,24H,14,16H2. The fraction of sp³-hybridized carbons (Fsp3) is 0.136.